The van der Waals surface area contributed by atoms with E-state index in [-0.39, 0.29) is 0 Å². The summed E-state index contributed by atoms with van der Waals surface area (Å²) in [7, 11) is 0. The van der Waals surface area contributed by atoms with E-state index in [1.54, 1.807) is 27.7 Å². The Morgan fingerprint density at radius 2 is 1.71 bits per heavy atom. The Hall–Kier alpha value is -2.03. The molecule has 1 aromatic carbocycles. The summed E-state index contributed by atoms with van der Waals surface area (Å²) in [6, 6.07) is 2.79. The topological polar surface area (TPSA) is 37.3 Å². The van der Waals surface area contributed by atoms with Gasteiger partial charge in [0.1, 0.15) is 5.82 Å². The summed E-state index contributed by atoms with van der Waals surface area (Å²) in [6.07, 6.45) is 0.593. The molecule has 0 saturated heterocycles. The number of carboxylic acids is 1. The predicted molar refractivity (Wildman–Crippen MR) is 80.6 cm³/mol. The molecule has 1 atom stereocenters. The Kier molecular flexibility index (Phi) is 3.80. The minimum absolute atomic E-state index is 0.409. The zero-order valence-corrected chi connectivity index (χ0v) is 13.8. The summed E-state index contributed by atoms with van der Waals surface area (Å²) < 4.78 is 53.4. The van der Waals surface area contributed by atoms with Crippen molar-refractivity contribution in [3.05, 3.63) is 35.1 Å². The van der Waals surface area contributed by atoms with Gasteiger partial charge in [-0.15, -0.1) is 6.42 Å². The normalized spacial score (nSPS) is 21.6. The average Bonchev–Trinajstić information content (AvgIpc) is 2.78. The van der Waals surface area contributed by atoms with Gasteiger partial charge in [0.15, 0.2) is 0 Å². The lowest BCUT2D eigenvalue weighted by atomic mass is 9.76. The highest BCUT2D eigenvalue weighted by atomic mass is 19.4. The third-order valence-corrected chi connectivity index (χ3v) is 6.05. The molecule has 1 unspecified atom stereocenters. The summed E-state index contributed by atoms with van der Waals surface area (Å²) in [4.78, 5) is 12.0. The lowest BCUT2D eigenvalue weighted by Crippen LogP contribution is -2.31. The van der Waals surface area contributed by atoms with Crippen LogP contribution in [0.3, 0.4) is 0 Å². The molecule has 130 valence electrons. The van der Waals surface area contributed by atoms with Crippen LogP contribution in [0.15, 0.2) is 18.2 Å². The summed E-state index contributed by atoms with van der Waals surface area (Å²) in [5.41, 5.74) is -5.04. The fourth-order valence-corrected chi connectivity index (χ4v) is 4.18. The molecule has 0 radical (unpaired) electrons. The van der Waals surface area contributed by atoms with Crippen LogP contribution in [0.2, 0.25) is 0 Å². The fraction of sp³-hybridized carbons (Fsp3) is 0.500. The second-order valence-electron chi connectivity index (χ2n) is 7.17. The number of hydrogen-bond donors (Lipinski definition) is 1. The molecular weight excluding hydrogens is 324 g/mol. The summed E-state index contributed by atoms with van der Waals surface area (Å²) in [6.45, 7) is 6.71. The van der Waals surface area contributed by atoms with E-state index in [1.165, 1.54) is 0 Å². The molecule has 0 spiro atoms. The van der Waals surface area contributed by atoms with Gasteiger partial charge in [0, 0.05) is 5.56 Å². The number of aliphatic carboxylic acids is 1. The second-order valence-corrected chi connectivity index (χ2v) is 7.17. The molecule has 0 amide bonds. The van der Waals surface area contributed by atoms with Crippen molar-refractivity contribution in [2.45, 2.75) is 39.8 Å². The Labute approximate surface area is 137 Å². The van der Waals surface area contributed by atoms with Crippen LogP contribution >= 0.6 is 0 Å². The molecule has 2 nitrogen and oxygen atoms in total. The predicted octanol–water partition coefficient (Wildman–Crippen LogP) is 4.70. The molecule has 1 aliphatic rings. The van der Waals surface area contributed by atoms with Crippen molar-refractivity contribution >= 4 is 5.97 Å². The lowest BCUT2D eigenvalue weighted by Gasteiger charge is -2.25. The molecule has 0 aliphatic heterocycles. The van der Waals surface area contributed by atoms with Crippen LogP contribution in [0.5, 0.6) is 0 Å². The molecule has 0 bridgehead atoms. The molecule has 1 saturated carbocycles. The van der Waals surface area contributed by atoms with Gasteiger partial charge < -0.3 is 5.11 Å². The third kappa shape index (κ3) is 1.93. The van der Waals surface area contributed by atoms with E-state index in [0.29, 0.717) is 6.07 Å². The average molecular weight is 342 g/mol. The molecule has 1 aromatic rings. The van der Waals surface area contributed by atoms with Crippen molar-refractivity contribution in [2.24, 2.45) is 16.2 Å². The van der Waals surface area contributed by atoms with E-state index in [2.05, 4.69) is 5.92 Å². The standard InChI is InChI=1S/C18H18F4O2/c1-6-11(17(14(23)24)15(2,3)16(17,4)5)10-8-7-9-12(13(10)19)18(20,21)22/h1,7-9,11H,2-5H3,(H,23,24). The smallest absolute Gasteiger partial charge is 0.419 e. The highest BCUT2D eigenvalue weighted by Crippen LogP contribution is 2.82. The second kappa shape index (κ2) is 4.98. The van der Waals surface area contributed by atoms with E-state index in [9.17, 15) is 27.5 Å². The van der Waals surface area contributed by atoms with Crippen molar-refractivity contribution in [1.29, 1.82) is 0 Å². The number of hydrogen-bond acceptors (Lipinski definition) is 1. The minimum Gasteiger partial charge on any atom is -0.481 e. The number of alkyl halides is 3. The monoisotopic (exact) mass is 342 g/mol. The highest BCUT2D eigenvalue weighted by molar-refractivity contribution is 5.85. The molecule has 1 fully saturated rings. The van der Waals surface area contributed by atoms with Crippen LogP contribution in [-0.2, 0) is 11.0 Å². The van der Waals surface area contributed by atoms with E-state index in [4.69, 9.17) is 6.42 Å². The van der Waals surface area contributed by atoms with Crippen molar-refractivity contribution in [3.8, 4) is 12.3 Å². The number of benzene rings is 1. The Balaban J connectivity index is 2.72. The molecule has 0 aromatic heterocycles. The van der Waals surface area contributed by atoms with Crippen LogP contribution in [0.1, 0.15) is 44.7 Å². The van der Waals surface area contributed by atoms with Crippen LogP contribution in [-0.4, -0.2) is 11.1 Å². The SMILES string of the molecule is C#CC(c1cccc(C(F)(F)F)c1F)C1(C(=O)O)C(C)(C)C1(C)C. The van der Waals surface area contributed by atoms with Crippen LogP contribution in [0.4, 0.5) is 17.6 Å². The maximum Gasteiger partial charge on any atom is 0.419 e. The van der Waals surface area contributed by atoms with Crippen LogP contribution in [0, 0.1) is 34.4 Å². The first kappa shape index (κ1) is 18.3. The van der Waals surface area contributed by atoms with Crippen LogP contribution < -0.4 is 0 Å². The molecule has 1 N–H and O–H groups in total. The summed E-state index contributed by atoms with van der Waals surface area (Å²) >= 11 is 0. The largest absolute Gasteiger partial charge is 0.481 e. The van der Waals surface area contributed by atoms with Gasteiger partial charge >= 0.3 is 12.1 Å². The first-order chi connectivity index (χ1) is 10.8. The minimum atomic E-state index is -4.88. The van der Waals surface area contributed by atoms with Gasteiger partial charge in [0.2, 0.25) is 0 Å². The number of carboxylic acid groups (broad SMARTS) is 1. The van der Waals surface area contributed by atoms with E-state index in [1.807, 2.05) is 0 Å². The Morgan fingerprint density at radius 1 is 1.21 bits per heavy atom. The van der Waals surface area contributed by atoms with Crippen molar-refractivity contribution < 1.29 is 27.5 Å². The van der Waals surface area contributed by atoms with Gasteiger partial charge in [0.25, 0.3) is 0 Å². The molecule has 2 rings (SSSR count). The van der Waals surface area contributed by atoms with Gasteiger partial charge in [-0.1, -0.05) is 45.7 Å². The Morgan fingerprint density at radius 3 is 2.04 bits per heavy atom. The maximum absolute atomic E-state index is 14.5. The van der Waals surface area contributed by atoms with Gasteiger partial charge in [-0.05, 0) is 16.9 Å². The van der Waals surface area contributed by atoms with E-state index in [0.717, 1.165) is 12.1 Å². The molecule has 1 aliphatic carbocycles. The van der Waals surface area contributed by atoms with Crippen molar-refractivity contribution in [1.82, 2.24) is 0 Å². The van der Waals surface area contributed by atoms with Gasteiger partial charge in [0.05, 0.1) is 16.9 Å². The first-order valence-electron chi connectivity index (χ1n) is 7.33. The lowest BCUT2D eigenvalue weighted by molar-refractivity contribution is -0.146. The summed E-state index contributed by atoms with van der Waals surface area (Å²) in [5, 5.41) is 9.82. The molecule has 6 heteroatoms. The van der Waals surface area contributed by atoms with Gasteiger partial charge in [-0.3, -0.25) is 4.79 Å². The number of carbonyl (C=O) groups is 1. The maximum atomic E-state index is 14.5. The van der Waals surface area contributed by atoms with Crippen LogP contribution in [0.25, 0.3) is 0 Å². The highest BCUT2D eigenvalue weighted by Gasteiger charge is 2.84. The number of terminal acetylenes is 1. The molecule has 0 heterocycles. The zero-order valence-electron chi connectivity index (χ0n) is 13.8. The third-order valence-electron chi connectivity index (χ3n) is 6.05. The van der Waals surface area contributed by atoms with E-state index >= 15 is 0 Å². The first-order valence-corrected chi connectivity index (χ1v) is 7.33. The zero-order chi connectivity index (χ0) is 18.7. The van der Waals surface area contributed by atoms with Crippen molar-refractivity contribution in [3.63, 3.8) is 0 Å². The van der Waals surface area contributed by atoms with Gasteiger partial charge in [-0.25, -0.2) is 4.39 Å². The number of rotatable bonds is 3. The molecule has 24 heavy (non-hydrogen) atoms. The van der Waals surface area contributed by atoms with Crippen molar-refractivity contribution in [2.75, 3.05) is 0 Å². The molecular formula is C18H18F4O2. The summed E-state index contributed by atoms with van der Waals surface area (Å²) in [5.74, 6) is -1.82. The quantitative estimate of drug-likeness (QED) is 0.639. The Bertz CT molecular complexity index is 724. The fourth-order valence-electron chi connectivity index (χ4n) is 4.18. The van der Waals surface area contributed by atoms with Gasteiger partial charge in [-0.2, -0.15) is 13.2 Å². The van der Waals surface area contributed by atoms with E-state index < -0.39 is 51.3 Å². The number of halogens is 4.